The maximum atomic E-state index is 5.64. The molecule has 72 valence electrons. The molecule has 1 saturated heterocycles. The lowest BCUT2D eigenvalue weighted by Crippen LogP contribution is -2.18. The van der Waals surface area contributed by atoms with Gasteiger partial charge >= 0.3 is 0 Å². The summed E-state index contributed by atoms with van der Waals surface area (Å²) in [4.78, 5) is 0. The summed E-state index contributed by atoms with van der Waals surface area (Å²) >= 11 is 0. The van der Waals surface area contributed by atoms with Gasteiger partial charge in [0.1, 0.15) is 0 Å². The van der Waals surface area contributed by atoms with E-state index in [9.17, 15) is 0 Å². The van der Waals surface area contributed by atoms with Crippen molar-refractivity contribution >= 4 is 5.95 Å². The molecule has 0 aromatic carbocycles. The van der Waals surface area contributed by atoms with Crippen molar-refractivity contribution < 1.29 is 4.74 Å². The maximum absolute atomic E-state index is 5.64. The second kappa shape index (κ2) is 2.88. The standard InChI is InChI=1S/C7H13N5O/c1-4-2-5(3-13-4)6-10-11-7(8)12(6)9/h4-5H,2-3,9H2,1H3,(H2,8,11). The van der Waals surface area contributed by atoms with E-state index in [1.54, 1.807) is 0 Å². The summed E-state index contributed by atoms with van der Waals surface area (Å²) in [6.45, 7) is 2.68. The topological polar surface area (TPSA) is 92.0 Å². The molecule has 0 saturated carbocycles. The Hall–Kier alpha value is -1.30. The predicted molar refractivity (Wildman–Crippen MR) is 47.4 cm³/mol. The lowest BCUT2D eigenvalue weighted by molar-refractivity contribution is 0.123. The number of hydrogen-bond donors (Lipinski definition) is 2. The number of nitrogens with two attached hydrogens (primary N) is 2. The molecule has 1 fully saturated rings. The van der Waals surface area contributed by atoms with E-state index in [0.29, 0.717) is 12.4 Å². The van der Waals surface area contributed by atoms with Crippen LogP contribution >= 0.6 is 0 Å². The maximum Gasteiger partial charge on any atom is 0.240 e. The third-order valence-corrected chi connectivity index (χ3v) is 2.31. The molecular formula is C7H13N5O. The van der Waals surface area contributed by atoms with E-state index in [-0.39, 0.29) is 18.0 Å². The Morgan fingerprint density at radius 3 is 2.77 bits per heavy atom. The summed E-state index contributed by atoms with van der Waals surface area (Å²) in [5, 5.41) is 7.61. The fraction of sp³-hybridized carbons (Fsp3) is 0.714. The first kappa shape index (κ1) is 8.31. The smallest absolute Gasteiger partial charge is 0.240 e. The predicted octanol–water partition coefficient (Wildman–Crippen LogP) is -0.533. The highest BCUT2D eigenvalue weighted by Gasteiger charge is 2.28. The normalized spacial score (nSPS) is 28.1. The van der Waals surface area contributed by atoms with Crippen LogP contribution in [0.15, 0.2) is 0 Å². The SMILES string of the molecule is CC1CC(c2nnc(N)n2N)CO1. The molecule has 2 heterocycles. The van der Waals surface area contributed by atoms with Crippen molar-refractivity contribution in [2.75, 3.05) is 18.2 Å². The minimum Gasteiger partial charge on any atom is -0.378 e. The number of hydrogen-bond acceptors (Lipinski definition) is 5. The molecule has 2 unspecified atom stereocenters. The molecule has 6 nitrogen and oxygen atoms in total. The van der Waals surface area contributed by atoms with Gasteiger partial charge in [0, 0.05) is 5.92 Å². The van der Waals surface area contributed by atoms with E-state index < -0.39 is 0 Å². The van der Waals surface area contributed by atoms with Gasteiger partial charge in [0.2, 0.25) is 5.95 Å². The quantitative estimate of drug-likeness (QED) is 0.571. The van der Waals surface area contributed by atoms with Crippen LogP contribution in [-0.4, -0.2) is 27.6 Å². The summed E-state index contributed by atoms with van der Waals surface area (Å²) in [7, 11) is 0. The molecule has 13 heavy (non-hydrogen) atoms. The summed E-state index contributed by atoms with van der Waals surface area (Å²) in [6.07, 6.45) is 1.19. The highest BCUT2D eigenvalue weighted by atomic mass is 16.5. The van der Waals surface area contributed by atoms with Crippen LogP contribution in [0.3, 0.4) is 0 Å². The lowest BCUT2D eigenvalue weighted by Gasteiger charge is -2.05. The van der Waals surface area contributed by atoms with Gasteiger partial charge in [0.25, 0.3) is 0 Å². The summed E-state index contributed by atoms with van der Waals surface area (Å²) in [5.41, 5.74) is 5.47. The van der Waals surface area contributed by atoms with Crippen molar-refractivity contribution in [3.05, 3.63) is 5.82 Å². The minimum absolute atomic E-state index is 0.227. The first-order valence-electron chi connectivity index (χ1n) is 4.26. The third-order valence-electron chi connectivity index (χ3n) is 2.31. The molecule has 0 radical (unpaired) electrons. The van der Waals surface area contributed by atoms with Crippen LogP contribution in [0.5, 0.6) is 0 Å². The third kappa shape index (κ3) is 1.33. The highest BCUT2D eigenvalue weighted by molar-refractivity contribution is 5.19. The average Bonchev–Trinajstić information content (AvgIpc) is 2.62. The number of rotatable bonds is 1. The van der Waals surface area contributed by atoms with Gasteiger partial charge in [0.15, 0.2) is 5.82 Å². The Bertz CT molecular complexity index is 310. The number of anilines is 1. The van der Waals surface area contributed by atoms with Gasteiger partial charge in [-0.3, -0.25) is 0 Å². The van der Waals surface area contributed by atoms with Gasteiger partial charge in [0.05, 0.1) is 12.7 Å². The van der Waals surface area contributed by atoms with Gasteiger partial charge < -0.3 is 16.3 Å². The van der Waals surface area contributed by atoms with E-state index in [1.165, 1.54) is 4.68 Å². The van der Waals surface area contributed by atoms with Crippen molar-refractivity contribution in [1.82, 2.24) is 14.9 Å². The van der Waals surface area contributed by atoms with Crippen LogP contribution in [0, 0.1) is 0 Å². The summed E-state index contributed by atoms with van der Waals surface area (Å²) in [6, 6.07) is 0. The molecule has 1 aromatic rings. The number of ether oxygens (including phenoxy) is 1. The summed E-state index contributed by atoms with van der Waals surface area (Å²) in [5.74, 6) is 6.82. The molecule has 0 aliphatic carbocycles. The van der Waals surface area contributed by atoms with Gasteiger partial charge in [-0.25, -0.2) is 4.68 Å². The van der Waals surface area contributed by atoms with Crippen LogP contribution in [0.1, 0.15) is 25.1 Å². The Morgan fingerprint density at radius 2 is 2.31 bits per heavy atom. The fourth-order valence-electron chi connectivity index (χ4n) is 1.59. The lowest BCUT2D eigenvalue weighted by atomic mass is 10.1. The van der Waals surface area contributed by atoms with Crippen LogP contribution < -0.4 is 11.6 Å². The fourth-order valence-corrected chi connectivity index (χ4v) is 1.59. The van der Waals surface area contributed by atoms with Crippen molar-refractivity contribution in [2.24, 2.45) is 0 Å². The van der Waals surface area contributed by atoms with Crippen molar-refractivity contribution in [3.8, 4) is 0 Å². The van der Waals surface area contributed by atoms with Gasteiger partial charge in [-0.1, -0.05) is 0 Å². The number of nitrogen functional groups attached to an aromatic ring is 2. The second-order valence-electron chi connectivity index (χ2n) is 3.36. The first-order valence-corrected chi connectivity index (χ1v) is 4.26. The van der Waals surface area contributed by atoms with Crippen LogP contribution in [0.4, 0.5) is 5.95 Å². The zero-order chi connectivity index (χ0) is 9.42. The van der Waals surface area contributed by atoms with E-state index >= 15 is 0 Å². The second-order valence-corrected chi connectivity index (χ2v) is 3.36. The molecule has 2 atom stereocenters. The molecule has 0 spiro atoms. The monoisotopic (exact) mass is 183 g/mol. The zero-order valence-electron chi connectivity index (χ0n) is 7.47. The van der Waals surface area contributed by atoms with Crippen LogP contribution in [0.25, 0.3) is 0 Å². The molecular weight excluding hydrogens is 170 g/mol. The molecule has 1 aromatic heterocycles. The Balaban J connectivity index is 2.21. The molecule has 6 heteroatoms. The Labute approximate surface area is 75.8 Å². The molecule has 1 aliphatic heterocycles. The number of aromatic nitrogens is 3. The molecule has 1 aliphatic rings. The van der Waals surface area contributed by atoms with Crippen LogP contribution in [0.2, 0.25) is 0 Å². The first-order chi connectivity index (χ1) is 6.18. The van der Waals surface area contributed by atoms with Gasteiger partial charge in [-0.05, 0) is 13.3 Å². The summed E-state index contributed by atoms with van der Waals surface area (Å²) < 4.78 is 6.73. The molecule has 4 N–H and O–H groups in total. The van der Waals surface area contributed by atoms with Crippen molar-refractivity contribution in [2.45, 2.75) is 25.4 Å². The average molecular weight is 183 g/mol. The minimum atomic E-state index is 0.227. The van der Waals surface area contributed by atoms with E-state index in [4.69, 9.17) is 16.3 Å². The number of nitrogens with zero attached hydrogens (tertiary/aromatic N) is 3. The Morgan fingerprint density at radius 1 is 1.54 bits per heavy atom. The van der Waals surface area contributed by atoms with Crippen molar-refractivity contribution in [1.29, 1.82) is 0 Å². The molecule has 0 bridgehead atoms. The van der Waals surface area contributed by atoms with Gasteiger partial charge in [-0.2, -0.15) is 0 Å². The van der Waals surface area contributed by atoms with E-state index in [1.807, 2.05) is 6.92 Å². The van der Waals surface area contributed by atoms with Crippen molar-refractivity contribution in [3.63, 3.8) is 0 Å². The molecule has 2 rings (SSSR count). The highest BCUT2D eigenvalue weighted by Crippen LogP contribution is 2.27. The van der Waals surface area contributed by atoms with E-state index in [2.05, 4.69) is 10.2 Å². The van der Waals surface area contributed by atoms with Crippen LogP contribution in [-0.2, 0) is 4.74 Å². The Kier molecular flexibility index (Phi) is 1.84. The largest absolute Gasteiger partial charge is 0.378 e. The van der Waals surface area contributed by atoms with Gasteiger partial charge in [-0.15, -0.1) is 10.2 Å². The zero-order valence-corrected chi connectivity index (χ0v) is 7.47. The van der Waals surface area contributed by atoms with E-state index in [0.717, 1.165) is 6.42 Å². The molecule has 0 amide bonds.